The highest BCUT2D eigenvalue weighted by molar-refractivity contribution is 9.10. The molecule has 2 fully saturated rings. The van der Waals surface area contributed by atoms with Crippen LogP contribution in [-0.2, 0) is 27.6 Å². The molecule has 0 N–H and O–H groups in total. The second-order valence-corrected chi connectivity index (χ2v) is 16.2. The molecule has 214 valence electrons. The van der Waals surface area contributed by atoms with Gasteiger partial charge < -0.3 is 9.47 Å². The van der Waals surface area contributed by atoms with Crippen molar-refractivity contribution in [2.24, 2.45) is 11.8 Å². The summed E-state index contributed by atoms with van der Waals surface area (Å²) in [6, 6.07) is 0. The molecule has 0 bridgehead atoms. The molecule has 0 radical (unpaired) electrons. The van der Waals surface area contributed by atoms with Gasteiger partial charge in [0.25, 0.3) is 0 Å². The first-order valence-corrected chi connectivity index (χ1v) is 16.3. The van der Waals surface area contributed by atoms with Crippen LogP contribution in [0.4, 0.5) is 35.1 Å². The van der Waals surface area contributed by atoms with Crippen LogP contribution >= 0.6 is 53.2 Å². The SMILES string of the molecule is O=S(=O)(Cl)C1CC(C2CCC(OC(F)(F)C(F)(F)Br)C(S(=O)(=O)Cl)C2)CCC1OC(F)(F)C(F)(F)Br. The number of hydrogen-bond acceptors (Lipinski definition) is 6. The van der Waals surface area contributed by atoms with Gasteiger partial charge in [-0.25, -0.2) is 16.8 Å². The Bertz CT molecular complexity index is 929. The van der Waals surface area contributed by atoms with Gasteiger partial charge in [-0.2, -0.15) is 35.1 Å². The van der Waals surface area contributed by atoms with E-state index in [1.54, 1.807) is 0 Å². The van der Waals surface area contributed by atoms with Crippen LogP contribution in [0.3, 0.4) is 0 Å². The predicted octanol–water partition coefficient (Wildman–Crippen LogP) is 6.39. The van der Waals surface area contributed by atoms with E-state index in [2.05, 4.69) is 9.47 Å². The summed E-state index contributed by atoms with van der Waals surface area (Å²) in [5, 5.41) is -3.79. The lowest BCUT2D eigenvalue weighted by Crippen LogP contribution is -2.51. The maximum absolute atomic E-state index is 13.7. The van der Waals surface area contributed by atoms with E-state index in [0.29, 0.717) is 0 Å². The van der Waals surface area contributed by atoms with Gasteiger partial charge in [0.1, 0.15) is 10.5 Å². The van der Waals surface area contributed by atoms with E-state index >= 15 is 0 Å². The summed E-state index contributed by atoms with van der Waals surface area (Å²) >= 11 is 2.92. The fraction of sp³-hybridized carbons (Fsp3) is 1.00. The summed E-state index contributed by atoms with van der Waals surface area (Å²) in [6.45, 7) is 0. The lowest BCUT2D eigenvalue weighted by molar-refractivity contribution is -0.332. The highest BCUT2D eigenvalue weighted by Crippen LogP contribution is 2.49. The molecular weight excluding hydrogens is 735 g/mol. The molecular formula is C16H18Br2Cl2F8O6S2. The topological polar surface area (TPSA) is 86.7 Å². The Morgan fingerprint density at radius 2 is 0.889 bits per heavy atom. The van der Waals surface area contributed by atoms with Gasteiger partial charge in [0.15, 0.2) is 0 Å². The standard InChI is InChI=1S/C16H18Br2Cl2F8O6S2/c17-13(21,22)15(25,26)33-9-3-1-7(5-11(9)35(19,29)30)8-2-4-10(12(6-8)36(20,31)32)34-16(27,28)14(18,23)24/h7-12H,1-6H2. The van der Waals surface area contributed by atoms with Gasteiger partial charge in [0, 0.05) is 53.2 Å². The smallest absolute Gasteiger partial charge is 0.310 e. The van der Waals surface area contributed by atoms with Gasteiger partial charge in [-0.15, -0.1) is 0 Å². The Kier molecular flexibility index (Phi) is 10.1. The zero-order valence-corrected chi connectivity index (χ0v) is 23.8. The second-order valence-electron chi connectivity index (χ2n) is 8.52. The summed E-state index contributed by atoms with van der Waals surface area (Å²) in [6.07, 6.45) is -16.3. The van der Waals surface area contributed by atoms with E-state index in [1.807, 2.05) is 0 Å². The first kappa shape index (κ1) is 33.0. The molecule has 0 aliphatic heterocycles. The zero-order chi connectivity index (χ0) is 28.1. The molecule has 2 aliphatic rings. The summed E-state index contributed by atoms with van der Waals surface area (Å²) in [7, 11) is 1.37. The van der Waals surface area contributed by atoms with E-state index in [0.717, 1.165) is 0 Å². The molecule has 6 nitrogen and oxygen atoms in total. The molecule has 2 saturated carbocycles. The Morgan fingerprint density at radius 3 is 1.11 bits per heavy atom. The van der Waals surface area contributed by atoms with Crippen molar-refractivity contribution in [1.82, 2.24) is 0 Å². The second kappa shape index (κ2) is 11.0. The summed E-state index contributed by atoms with van der Waals surface area (Å²) in [5.74, 6) is -1.53. The number of rotatable bonds is 9. The van der Waals surface area contributed by atoms with Crippen LogP contribution in [-0.4, -0.2) is 61.4 Å². The van der Waals surface area contributed by atoms with Crippen molar-refractivity contribution in [3.63, 3.8) is 0 Å². The molecule has 2 rings (SSSR count). The van der Waals surface area contributed by atoms with Crippen molar-refractivity contribution in [2.75, 3.05) is 0 Å². The molecule has 0 amide bonds. The highest BCUT2D eigenvalue weighted by Gasteiger charge is 2.60. The van der Waals surface area contributed by atoms with Crippen LogP contribution in [0, 0.1) is 11.8 Å². The number of halogens is 12. The van der Waals surface area contributed by atoms with Crippen LogP contribution in [0.5, 0.6) is 0 Å². The van der Waals surface area contributed by atoms with E-state index in [1.165, 1.54) is 31.9 Å². The number of ether oxygens (including phenoxy) is 2. The van der Waals surface area contributed by atoms with Gasteiger partial charge in [-0.05, 0) is 50.4 Å². The van der Waals surface area contributed by atoms with E-state index < -0.39 is 100 Å². The fourth-order valence-corrected chi connectivity index (χ4v) is 7.87. The Hall–Kier alpha value is 0.800. The van der Waals surface area contributed by atoms with Crippen molar-refractivity contribution < 1.29 is 61.4 Å². The molecule has 0 heterocycles. The molecule has 0 aromatic rings. The van der Waals surface area contributed by atoms with Crippen molar-refractivity contribution in [2.45, 2.75) is 83.1 Å². The number of hydrogen-bond donors (Lipinski definition) is 0. The van der Waals surface area contributed by atoms with Crippen LogP contribution < -0.4 is 0 Å². The molecule has 0 spiro atoms. The summed E-state index contributed by atoms with van der Waals surface area (Å²) in [5.41, 5.74) is 0. The Labute approximate surface area is 226 Å². The van der Waals surface area contributed by atoms with E-state index in [4.69, 9.17) is 21.4 Å². The van der Waals surface area contributed by atoms with E-state index in [-0.39, 0.29) is 12.8 Å². The summed E-state index contributed by atoms with van der Waals surface area (Å²) in [4.78, 5) is -9.66. The minimum Gasteiger partial charge on any atom is -0.310 e. The molecule has 6 unspecified atom stereocenters. The lowest BCUT2D eigenvalue weighted by Gasteiger charge is -2.43. The summed E-state index contributed by atoms with van der Waals surface area (Å²) < 4.78 is 164. The first-order chi connectivity index (χ1) is 15.9. The van der Waals surface area contributed by atoms with Crippen molar-refractivity contribution in [3.05, 3.63) is 0 Å². The lowest BCUT2D eigenvalue weighted by atomic mass is 9.72. The molecule has 0 aromatic heterocycles. The molecule has 20 heteroatoms. The normalized spacial score (nSPS) is 31.9. The van der Waals surface area contributed by atoms with Crippen LogP contribution in [0.25, 0.3) is 0 Å². The average Bonchev–Trinajstić information content (AvgIpc) is 2.64. The third kappa shape index (κ3) is 7.93. The van der Waals surface area contributed by atoms with Gasteiger partial charge in [-0.1, -0.05) is 0 Å². The van der Waals surface area contributed by atoms with Crippen LogP contribution in [0.15, 0.2) is 0 Å². The molecule has 6 atom stereocenters. The van der Waals surface area contributed by atoms with Gasteiger partial charge in [0.05, 0.1) is 12.2 Å². The van der Waals surface area contributed by atoms with Gasteiger partial charge in [0.2, 0.25) is 18.1 Å². The molecule has 2 aliphatic carbocycles. The zero-order valence-electron chi connectivity index (χ0n) is 17.5. The van der Waals surface area contributed by atoms with Crippen molar-refractivity contribution in [3.8, 4) is 0 Å². The average molecular weight is 753 g/mol. The van der Waals surface area contributed by atoms with E-state index in [9.17, 15) is 52.0 Å². The van der Waals surface area contributed by atoms with Gasteiger partial charge >= 0.3 is 21.9 Å². The maximum Gasteiger partial charge on any atom is 0.430 e. The van der Waals surface area contributed by atoms with Gasteiger partial charge in [-0.3, -0.25) is 0 Å². The van der Waals surface area contributed by atoms with Crippen LogP contribution in [0.2, 0.25) is 0 Å². The fourth-order valence-electron chi connectivity index (χ4n) is 4.50. The predicted molar refractivity (Wildman–Crippen MR) is 119 cm³/mol. The minimum absolute atomic E-state index is 0.113. The first-order valence-electron chi connectivity index (χ1n) is 9.98. The Morgan fingerprint density at radius 1 is 0.611 bits per heavy atom. The molecule has 36 heavy (non-hydrogen) atoms. The minimum atomic E-state index is -5.10. The third-order valence-corrected chi connectivity index (χ3v) is 10.9. The number of alkyl halides is 10. The van der Waals surface area contributed by atoms with Crippen LogP contribution in [0.1, 0.15) is 38.5 Å². The highest BCUT2D eigenvalue weighted by atomic mass is 79.9. The maximum atomic E-state index is 13.7. The Balaban J connectivity index is 2.23. The monoisotopic (exact) mass is 750 g/mol. The largest absolute Gasteiger partial charge is 0.430 e. The van der Waals surface area contributed by atoms with Crippen molar-refractivity contribution >= 4 is 71.3 Å². The van der Waals surface area contributed by atoms with Crippen molar-refractivity contribution in [1.29, 1.82) is 0 Å². The molecule has 0 aromatic carbocycles. The quantitative estimate of drug-likeness (QED) is 0.154. The third-order valence-electron chi connectivity index (χ3n) is 6.19. The molecule has 0 saturated heterocycles.